The van der Waals surface area contributed by atoms with Gasteiger partial charge < -0.3 is 10.2 Å². The Labute approximate surface area is 129 Å². The van der Waals surface area contributed by atoms with Gasteiger partial charge in [-0.2, -0.15) is 0 Å². The summed E-state index contributed by atoms with van der Waals surface area (Å²) in [5.74, 6) is -0.551. The zero-order valence-corrected chi connectivity index (χ0v) is 12.8. The van der Waals surface area contributed by atoms with Crippen LogP contribution >= 0.6 is 0 Å². The molecule has 0 radical (unpaired) electrons. The van der Waals surface area contributed by atoms with Crippen LogP contribution in [-0.2, 0) is 16.6 Å². The first-order valence-corrected chi connectivity index (χ1v) is 8.16. The van der Waals surface area contributed by atoms with Crippen molar-refractivity contribution < 1.29 is 18.6 Å². The highest BCUT2D eigenvalue weighted by molar-refractivity contribution is 7.92. The maximum Gasteiger partial charge on any atom is 0.234 e. The summed E-state index contributed by atoms with van der Waals surface area (Å²) in [6.07, 6.45) is 1.34. The molecule has 0 unspecified atom stereocenters. The van der Waals surface area contributed by atoms with Crippen LogP contribution in [0.1, 0.15) is 16.7 Å². The van der Waals surface area contributed by atoms with Gasteiger partial charge in [0.05, 0.1) is 0 Å². The summed E-state index contributed by atoms with van der Waals surface area (Å²) >= 11 is 0. The van der Waals surface area contributed by atoms with Crippen LogP contribution in [0.4, 0.5) is 0 Å². The molecule has 2 aromatic carbocycles. The Balaban J connectivity index is 2.02. The molecule has 0 spiro atoms. The van der Waals surface area contributed by atoms with Gasteiger partial charge in [-0.15, -0.1) is 0 Å². The molecule has 6 heteroatoms. The highest BCUT2D eigenvalue weighted by Crippen LogP contribution is 2.25. The molecular weight excluding hydrogens is 302 g/mol. The number of nitrogens with one attached hydrogen (secondary N) is 1. The molecule has 0 bridgehead atoms. The van der Waals surface area contributed by atoms with Crippen molar-refractivity contribution in [3.05, 3.63) is 64.6 Å². The van der Waals surface area contributed by atoms with E-state index in [0.29, 0.717) is 5.56 Å². The van der Waals surface area contributed by atoms with Crippen LogP contribution in [0.3, 0.4) is 0 Å². The molecule has 22 heavy (non-hydrogen) atoms. The third-order valence-electron chi connectivity index (χ3n) is 3.04. The van der Waals surface area contributed by atoms with Crippen molar-refractivity contribution in [1.82, 2.24) is 4.72 Å². The van der Waals surface area contributed by atoms with E-state index in [2.05, 4.69) is 4.72 Å². The normalized spacial score (nSPS) is 11.9. The Morgan fingerprint density at radius 3 is 2.36 bits per heavy atom. The molecule has 0 amide bonds. The number of aromatic hydroxyl groups is 2. The SMILES string of the molecule is Cc1ccc(CNS(=O)(=O)/C=C/c2ccc(O)c(O)c2)cc1. The maximum atomic E-state index is 11.9. The second-order valence-electron chi connectivity index (χ2n) is 4.90. The van der Waals surface area contributed by atoms with E-state index in [9.17, 15) is 18.6 Å². The first-order chi connectivity index (χ1) is 10.4. The van der Waals surface area contributed by atoms with Gasteiger partial charge in [-0.1, -0.05) is 35.9 Å². The Kier molecular flexibility index (Phi) is 4.85. The number of benzene rings is 2. The lowest BCUT2D eigenvalue weighted by atomic mass is 10.2. The third kappa shape index (κ3) is 4.61. The fourth-order valence-electron chi connectivity index (χ4n) is 1.75. The van der Waals surface area contributed by atoms with Crippen LogP contribution in [0.25, 0.3) is 6.08 Å². The minimum atomic E-state index is -3.59. The van der Waals surface area contributed by atoms with E-state index in [1.165, 1.54) is 24.3 Å². The minimum Gasteiger partial charge on any atom is -0.504 e. The monoisotopic (exact) mass is 319 g/mol. The van der Waals surface area contributed by atoms with Crippen LogP contribution in [0.5, 0.6) is 11.5 Å². The summed E-state index contributed by atoms with van der Waals surface area (Å²) in [4.78, 5) is 0. The predicted octanol–water partition coefficient (Wildman–Crippen LogP) is 2.50. The zero-order chi connectivity index (χ0) is 16.2. The highest BCUT2D eigenvalue weighted by Gasteiger charge is 2.05. The van der Waals surface area contributed by atoms with Gasteiger partial charge in [0.15, 0.2) is 11.5 Å². The number of sulfonamides is 1. The van der Waals surface area contributed by atoms with Gasteiger partial charge in [0, 0.05) is 12.0 Å². The van der Waals surface area contributed by atoms with Gasteiger partial charge in [0.2, 0.25) is 10.0 Å². The molecule has 0 saturated carbocycles. The van der Waals surface area contributed by atoms with Crippen molar-refractivity contribution in [2.24, 2.45) is 0 Å². The first kappa shape index (κ1) is 16.1. The van der Waals surface area contributed by atoms with Crippen LogP contribution in [0, 0.1) is 6.92 Å². The zero-order valence-electron chi connectivity index (χ0n) is 12.0. The molecule has 0 fully saturated rings. The summed E-state index contributed by atoms with van der Waals surface area (Å²) in [6, 6.07) is 11.6. The van der Waals surface area contributed by atoms with E-state index < -0.39 is 10.0 Å². The maximum absolute atomic E-state index is 11.9. The smallest absolute Gasteiger partial charge is 0.234 e. The molecule has 0 aliphatic rings. The molecule has 0 saturated heterocycles. The second kappa shape index (κ2) is 6.64. The fraction of sp³-hybridized carbons (Fsp3) is 0.125. The first-order valence-electron chi connectivity index (χ1n) is 6.61. The largest absolute Gasteiger partial charge is 0.504 e. The molecule has 3 N–H and O–H groups in total. The quantitative estimate of drug-likeness (QED) is 0.739. The Morgan fingerprint density at radius 1 is 1.05 bits per heavy atom. The van der Waals surface area contributed by atoms with Crippen molar-refractivity contribution in [3.8, 4) is 11.5 Å². The molecule has 2 rings (SSSR count). The van der Waals surface area contributed by atoms with Crippen molar-refractivity contribution in [1.29, 1.82) is 0 Å². The Hall–Kier alpha value is -2.31. The van der Waals surface area contributed by atoms with E-state index in [0.717, 1.165) is 16.5 Å². The fourth-order valence-corrected chi connectivity index (χ4v) is 2.55. The van der Waals surface area contributed by atoms with Gasteiger partial charge in [0.25, 0.3) is 0 Å². The number of phenolic OH excluding ortho intramolecular Hbond substituents is 2. The van der Waals surface area contributed by atoms with Crippen LogP contribution in [-0.4, -0.2) is 18.6 Å². The lowest BCUT2D eigenvalue weighted by Gasteiger charge is -2.04. The molecule has 0 aliphatic heterocycles. The molecule has 0 aliphatic carbocycles. The molecule has 0 heterocycles. The summed E-state index contributed by atoms with van der Waals surface area (Å²) in [6.45, 7) is 2.16. The van der Waals surface area contributed by atoms with E-state index >= 15 is 0 Å². The van der Waals surface area contributed by atoms with Gasteiger partial charge in [0.1, 0.15) is 0 Å². The van der Waals surface area contributed by atoms with E-state index in [-0.39, 0.29) is 18.0 Å². The van der Waals surface area contributed by atoms with Crippen LogP contribution < -0.4 is 4.72 Å². The van der Waals surface area contributed by atoms with Crippen LogP contribution in [0.15, 0.2) is 47.9 Å². The Morgan fingerprint density at radius 2 is 1.73 bits per heavy atom. The topological polar surface area (TPSA) is 86.6 Å². The van der Waals surface area contributed by atoms with Gasteiger partial charge in [-0.05, 0) is 36.3 Å². The Bertz CT molecular complexity index is 780. The summed E-state index contributed by atoms with van der Waals surface area (Å²) in [5, 5.41) is 19.6. The molecule has 0 aromatic heterocycles. The van der Waals surface area contributed by atoms with Crippen molar-refractivity contribution in [2.45, 2.75) is 13.5 Å². The van der Waals surface area contributed by atoms with Crippen molar-refractivity contribution in [2.75, 3.05) is 0 Å². The number of aryl methyl sites for hydroxylation is 1. The van der Waals surface area contributed by atoms with E-state index in [4.69, 9.17) is 0 Å². The molecule has 2 aromatic rings. The lowest BCUT2D eigenvalue weighted by Crippen LogP contribution is -2.20. The molecule has 116 valence electrons. The number of rotatable bonds is 5. The van der Waals surface area contributed by atoms with E-state index in [1.807, 2.05) is 31.2 Å². The standard InChI is InChI=1S/C16H17NO4S/c1-12-2-4-14(5-3-12)11-17-22(20,21)9-8-13-6-7-15(18)16(19)10-13/h2-10,17-19H,11H2,1H3/b9-8+. The van der Waals surface area contributed by atoms with Crippen molar-refractivity contribution >= 4 is 16.1 Å². The van der Waals surface area contributed by atoms with E-state index in [1.54, 1.807) is 0 Å². The highest BCUT2D eigenvalue weighted by atomic mass is 32.2. The molecular formula is C16H17NO4S. The van der Waals surface area contributed by atoms with Gasteiger partial charge >= 0.3 is 0 Å². The average Bonchev–Trinajstić information content (AvgIpc) is 2.48. The molecule has 0 atom stereocenters. The van der Waals surface area contributed by atoms with Crippen LogP contribution in [0.2, 0.25) is 0 Å². The summed E-state index contributed by atoms with van der Waals surface area (Å²) in [7, 11) is -3.59. The second-order valence-corrected chi connectivity index (χ2v) is 6.55. The lowest BCUT2D eigenvalue weighted by molar-refractivity contribution is 0.403. The van der Waals surface area contributed by atoms with Gasteiger partial charge in [-0.3, -0.25) is 0 Å². The summed E-state index contributed by atoms with van der Waals surface area (Å²) in [5.41, 5.74) is 2.44. The molecule has 5 nitrogen and oxygen atoms in total. The minimum absolute atomic E-state index is 0.202. The number of hydrogen-bond acceptors (Lipinski definition) is 4. The number of hydrogen-bond donors (Lipinski definition) is 3. The van der Waals surface area contributed by atoms with Gasteiger partial charge in [-0.25, -0.2) is 13.1 Å². The average molecular weight is 319 g/mol. The predicted molar refractivity (Wildman–Crippen MR) is 85.7 cm³/mol. The number of phenols is 2. The summed E-state index contributed by atoms with van der Waals surface area (Å²) < 4.78 is 26.2. The van der Waals surface area contributed by atoms with Crippen molar-refractivity contribution in [3.63, 3.8) is 0 Å². The third-order valence-corrected chi connectivity index (χ3v) is 4.08.